The van der Waals surface area contributed by atoms with Crippen LogP contribution in [0.4, 0.5) is 4.39 Å². The molecule has 0 radical (unpaired) electrons. The number of carbonyl (C=O) groups is 1. The van der Waals surface area contributed by atoms with Crippen molar-refractivity contribution in [1.29, 1.82) is 0 Å². The number of nitrogens with one attached hydrogen (secondary N) is 1. The van der Waals surface area contributed by atoms with Crippen LogP contribution in [-0.2, 0) is 6.54 Å². The molecule has 4 aromatic rings. The van der Waals surface area contributed by atoms with Crippen LogP contribution in [0, 0.1) is 12.7 Å². The Kier molecular flexibility index (Phi) is 5.55. The molecule has 30 heavy (non-hydrogen) atoms. The van der Waals surface area contributed by atoms with Crippen LogP contribution in [0.3, 0.4) is 0 Å². The number of para-hydroxylation sites is 1. The van der Waals surface area contributed by atoms with Gasteiger partial charge in [0.2, 0.25) is 0 Å². The number of rotatable bonds is 6. The molecule has 0 unspecified atom stereocenters. The lowest BCUT2D eigenvalue weighted by molar-refractivity contribution is 0.0943. The van der Waals surface area contributed by atoms with Gasteiger partial charge in [0.1, 0.15) is 16.4 Å². The SMILES string of the molecule is COc1ccccc1[C@H](C)NC(=O)c1cc2c(C)nn(Cc3ccc(F)cc3)c2s1. The molecule has 0 aliphatic heterocycles. The third kappa shape index (κ3) is 3.93. The second-order valence-electron chi connectivity index (χ2n) is 7.14. The van der Waals surface area contributed by atoms with Gasteiger partial charge in [-0.3, -0.25) is 9.48 Å². The average Bonchev–Trinajstić information content (AvgIpc) is 3.31. The van der Waals surface area contributed by atoms with Gasteiger partial charge >= 0.3 is 0 Å². The molecule has 7 heteroatoms. The quantitative estimate of drug-likeness (QED) is 0.470. The first-order valence-electron chi connectivity index (χ1n) is 9.61. The van der Waals surface area contributed by atoms with Crippen LogP contribution in [0.1, 0.15) is 39.5 Å². The molecule has 0 fully saturated rings. The van der Waals surface area contributed by atoms with E-state index < -0.39 is 0 Å². The maximum atomic E-state index is 13.2. The van der Waals surface area contributed by atoms with E-state index in [4.69, 9.17) is 4.74 Å². The fourth-order valence-electron chi connectivity index (χ4n) is 3.46. The largest absolute Gasteiger partial charge is 0.496 e. The second-order valence-corrected chi connectivity index (χ2v) is 8.17. The summed E-state index contributed by atoms with van der Waals surface area (Å²) in [7, 11) is 1.62. The van der Waals surface area contributed by atoms with Crippen LogP contribution < -0.4 is 10.1 Å². The van der Waals surface area contributed by atoms with Crippen molar-refractivity contribution in [2.24, 2.45) is 0 Å². The molecule has 0 aliphatic carbocycles. The third-order valence-electron chi connectivity index (χ3n) is 5.03. The Morgan fingerprint density at radius 2 is 1.97 bits per heavy atom. The van der Waals surface area contributed by atoms with E-state index in [0.717, 1.165) is 32.8 Å². The smallest absolute Gasteiger partial charge is 0.261 e. The van der Waals surface area contributed by atoms with Gasteiger partial charge in [0.25, 0.3) is 5.91 Å². The number of benzene rings is 2. The molecular formula is C23H22FN3O2S. The van der Waals surface area contributed by atoms with Crippen molar-refractivity contribution < 1.29 is 13.9 Å². The molecule has 154 valence electrons. The summed E-state index contributed by atoms with van der Waals surface area (Å²) in [5.41, 5.74) is 2.73. The molecule has 5 nitrogen and oxygen atoms in total. The van der Waals surface area contributed by atoms with Crippen molar-refractivity contribution in [1.82, 2.24) is 15.1 Å². The summed E-state index contributed by atoms with van der Waals surface area (Å²) in [6.45, 7) is 4.38. The highest BCUT2D eigenvalue weighted by Crippen LogP contribution is 2.30. The molecule has 1 N–H and O–H groups in total. The van der Waals surface area contributed by atoms with Gasteiger partial charge in [-0.25, -0.2) is 4.39 Å². The number of halogens is 1. The van der Waals surface area contributed by atoms with Crippen LogP contribution >= 0.6 is 11.3 Å². The van der Waals surface area contributed by atoms with Gasteiger partial charge < -0.3 is 10.1 Å². The predicted molar refractivity (Wildman–Crippen MR) is 117 cm³/mol. The molecule has 0 bridgehead atoms. The van der Waals surface area contributed by atoms with Crippen LogP contribution in [0.5, 0.6) is 5.75 Å². The Morgan fingerprint density at radius 1 is 1.23 bits per heavy atom. The monoisotopic (exact) mass is 423 g/mol. The van der Waals surface area contributed by atoms with E-state index in [9.17, 15) is 9.18 Å². The summed E-state index contributed by atoms with van der Waals surface area (Å²) in [4.78, 5) is 14.4. The van der Waals surface area contributed by atoms with E-state index in [1.54, 1.807) is 19.2 Å². The second kappa shape index (κ2) is 8.28. The maximum absolute atomic E-state index is 13.2. The number of aromatic nitrogens is 2. The van der Waals surface area contributed by atoms with E-state index in [1.807, 2.05) is 48.9 Å². The fraction of sp³-hybridized carbons (Fsp3) is 0.217. The van der Waals surface area contributed by atoms with Crippen molar-refractivity contribution in [3.05, 3.63) is 82.1 Å². The standard InChI is InChI=1S/C23H22FN3O2S/c1-14(18-6-4-5-7-20(18)29-3)25-22(28)21-12-19-15(2)26-27(23(19)30-21)13-16-8-10-17(24)11-9-16/h4-12,14H,13H2,1-3H3,(H,25,28)/t14-/m0/s1. The summed E-state index contributed by atoms with van der Waals surface area (Å²) >= 11 is 1.41. The number of hydrogen-bond acceptors (Lipinski definition) is 4. The predicted octanol–water partition coefficient (Wildman–Crippen LogP) is 5.09. The van der Waals surface area contributed by atoms with Crippen LogP contribution in [-0.4, -0.2) is 22.8 Å². The van der Waals surface area contributed by atoms with Gasteiger partial charge in [-0.15, -0.1) is 11.3 Å². The zero-order valence-corrected chi connectivity index (χ0v) is 17.8. The molecule has 0 spiro atoms. The summed E-state index contributed by atoms with van der Waals surface area (Å²) in [6.07, 6.45) is 0. The minimum atomic E-state index is -0.264. The van der Waals surface area contributed by atoms with E-state index in [0.29, 0.717) is 11.4 Å². The number of hydrogen-bond donors (Lipinski definition) is 1. The molecule has 0 aliphatic rings. The van der Waals surface area contributed by atoms with Crippen molar-refractivity contribution in [2.45, 2.75) is 26.4 Å². The molecule has 2 aromatic heterocycles. The first-order valence-corrected chi connectivity index (χ1v) is 10.4. The fourth-order valence-corrected chi connectivity index (χ4v) is 4.53. The van der Waals surface area contributed by atoms with Gasteiger partial charge in [-0.05, 0) is 43.7 Å². The average molecular weight is 424 g/mol. The highest BCUT2D eigenvalue weighted by molar-refractivity contribution is 7.20. The lowest BCUT2D eigenvalue weighted by Gasteiger charge is -2.16. The molecular weight excluding hydrogens is 401 g/mol. The summed E-state index contributed by atoms with van der Waals surface area (Å²) in [6, 6.07) is 15.7. The van der Waals surface area contributed by atoms with Crippen LogP contribution in [0.15, 0.2) is 54.6 Å². The number of fused-ring (bicyclic) bond motifs is 1. The first-order chi connectivity index (χ1) is 14.5. The Hall–Kier alpha value is -3.19. The number of ether oxygens (including phenoxy) is 1. The Morgan fingerprint density at radius 3 is 2.70 bits per heavy atom. The van der Waals surface area contributed by atoms with Crippen molar-refractivity contribution >= 4 is 27.5 Å². The number of methoxy groups -OCH3 is 1. The molecule has 0 saturated carbocycles. The topological polar surface area (TPSA) is 56.1 Å². The zero-order chi connectivity index (χ0) is 21.3. The molecule has 1 amide bonds. The number of thiophene rings is 1. The van der Waals surface area contributed by atoms with E-state index in [1.165, 1.54) is 23.5 Å². The number of amides is 1. The van der Waals surface area contributed by atoms with Gasteiger partial charge in [-0.1, -0.05) is 30.3 Å². The minimum absolute atomic E-state index is 0.137. The lowest BCUT2D eigenvalue weighted by atomic mass is 10.1. The highest BCUT2D eigenvalue weighted by atomic mass is 32.1. The minimum Gasteiger partial charge on any atom is -0.496 e. The van der Waals surface area contributed by atoms with Crippen LogP contribution in [0.25, 0.3) is 10.2 Å². The lowest BCUT2D eigenvalue weighted by Crippen LogP contribution is -2.26. The Balaban J connectivity index is 1.57. The van der Waals surface area contributed by atoms with Gasteiger partial charge in [-0.2, -0.15) is 5.10 Å². The first kappa shape index (κ1) is 20.1. The van der Waals surface area contributed by atoms with E-state index in [-0.39, 0.29) is 17.8 Å². The molecule has 1 atom stereocenters. The summed E-state index contributed by atoms with van der Waals surface area (Å²) in [5.74, 6) is 0.342. The van der Waals surface area contributed by atoms with E-state index in [2.05, 4.69) is 10.4 Å². The number of aryl methyl sites for hydroxylation is 1. The number of nitrogens with zero attached hydrogens (tertiary/aromatic N) is 2. The van der Waals surface area contributed by atoms with Crippen molar-refractivity contribution in [3.63, 3.8) is 0 Å². The van der Waals surface area contributed by atoms with Gasteiger partial charge in [0.05, 0.1) is 30.3 Å². The van der Waals surface area contributed by atoms with Crippen molar-refractivity contribution in [2.75, 3.05) is 7.11 Å². The zero-order valence-electron chi connectivity index (χ0n) is 17.0. The normalized spacial score (nSPS) is 12.1. The number of carbonyl (C=O) groups excluding carboxylic acids is 1. The Labute approximate surface area is 178 Å². The maximum Gasteiger partial charge on any atom is 0.261 e. The van der Waals surface area contributed by atoms with Gasteiger partial charge in [0, 0.05) is 10.9 Å². The molecule has 2 aromatic carbocycles. The molecule has 4 rings (SSSR count). The third-order valence-corrected chi connectivity index (χ3v) is 6.18. The summed E-state index contributed by atoms with van der Waals surface area (Å²) < 4.78 is 20.4. The highest BCUT2D eigenvalue weighted by Gasteiger charge is 2.19. The molecule has 2 heterocycles. The van der Waals surface area contributed by atoms with Gasteiger partial charge in [0.15, 0.2) is 0 Å². The van der Waals surface area contributed by atoms with Crippen molar-refractivity contribution in [3.8, 4) is 5.75 Å². The Bertz CT molecular complexity index is 1200. The van der Waals surface area contributed by atoms with Crippen LogP contribution in [0.2, 0.25) is 0 Å². The van der Waals surface area contributed by atoms with E-state index >= 15 is 0 Å². The summed E-state index contributed by atoms with van der Waals surface area (Å²) in [5, 5.41) is 8.59. The molecule has 0 saturated heterocycles.